The Hall–Kier alpha value is -3.20. The molecule has 0 spiro atoms. The summed E-state index contributed by atoms with van der Waals surface area (Å²) in [5.74, 6) is 0.385. The van der Waals surface area contributed by atoms with Crippen LogP contribution in [-0.2, 0) is 12.7 Å². The zero-order chi connectivity index (χ0) is 21.3. The number of nitrogen functional groups attached to an aromatic ring is 1. The molecule has 4 rings (SSSR count). The van der Waals surface area contributed by atoms with Crippen LogP contribution in [0.25, 0.3) is 10.9 Å². The summed E-state index contributed by atoms with van der Waals surface area (Å²) < 4.78 is 39.7. The van der Waals surface area contributed by atoms with Gasteiger partial charge in [-0.2, -0.15) is 13.2 Å². The van der Waals surface area contributed by atoms with Gasteiger partial charge in [-0.1, -0.05) is 24.3 Å². The number of hydrogen-bond donors (Lipinski definition) is 1. The number of piperazine rings is 1. The third-order valence-electron chi connectivity index (χ3n) is 5.17. The Balaban J connectivity index is 1.43. The summed E-state index contributed by atoms with van der Waals surface area (Å²) >= 11 is 0. The number of amides is 1. The molecule has 9 heteroatoms. The fourth-order valence-electron chi connectivity index (χ4n) is 3.62. The molecule has 2 N–H and O–H groups in total. The van der Waals surface area contributed by atoms with E-state index >= 15 is 0 Å². The van der Waals surface area contributed by atoms with Gasteiger partial charge in [-0.05, 0) is 24.3 Å². The number of anilines is 1. The van der Waals surface area contributed by atoms with Gasteiger partial charge in [0.25, 0.3) is 5.91 Å². The minimum absolute atomic E-state index is 0.316. The van der Waals surface area contributed by atoms with Crippen LogP contribution in [0.15, 0.2) is 48.5 Å². The quantitative estimate of drug-likeness (QED) is 0.711. The zero-order valence-electron chi connectivity index (χ0n) is 16.1. The van der Waals surface area contributed by atoms with E-state index in [9.17, 15) is 18.0 Å². The second kappa shape index (κ2) is 7.91. The third kappa shape index (κ3) is 4.06. The third-order valence-corrected chi connectivity index (χ3v) is 5.17. The van der Waals surface area contributed by atoms with Crippen molar-refractivity contribution in [2.75, 3.05) is 31.9 Å². The van der Waals surface area contributed by atoms with Gasteiger partial charge in [-0.3, -0.25) is 9.69 Å². The first-order chi connectivity index (χ1) is 14.3. The van der Waals surface area contributed by atoms with Crippen molar-refractivity contribution in [3.05, 3.63) is 65.5 Å². The molecule has 0 radical (unpaired) electrons. The first kappa shape index (κ1) is 20.1. The molecule has 2 heterocycles. The van der Waals surface area contributed by atoms with Gasteiger partial charge in [0.2, 0.25) is 0 Å². The van der Waals surface area contributed by atoms with Crippen LogP contribution in [-0.4, -0.2) is 51.9 Å². The molecule has 30 heavy (non-hydrogen) atoms. The van der Waals surface area contributed by atoms with Gasteiger partial charge in [0.1, 0.15) is 11.6 Å². The van der Waals surface area contributed by atoms with Gasteiger partial charge in [0, 0.05) is 31.6 Å². The SMILES string of the molecule is Nc1nc(CN2CCN(C(=O)c3ccccc3C(F)(F)F)CC2)nc2ccccc12. The number of aromatic nitrogens is 2. The van der Waals surface area contributed by atoms with Crippen molar-refractivity contribution in [3.63, 3.8) is 0 Å². The summed E-state index contributed by atoms with van der Waals surface area (Å²) in [5.41, 5.74) is 5.56. The molecule has 0 aliphatic carbocycles. The number of hydrogen-bond acceptors (Lipinski definition) is 5. The van der Waals surface area contributed by atoms with Crippen molar-refractivity contribution >= 4 is 22.6 Å². The number of fused-ring (bicyclic) bond motifs is 1. The maximum atomic E-state index is 13.2. The van der Waals surface area contributed by atoms with Gasteiger partial charge in [-0.25, -0.2) is 9.97 Å². The second-order valence-corrected chi connectivity index (χ2v) is 7.15. The van der Waals surface area contributed by atoms with E-state index in [1.54, 1.807) is 0 Å². The molecule has 1 aliphatic rings. The maximum Gasteiger partial charge on any atom is 0.417 e. The molecule has 0 unspecified atom stereocenters. The fraction of sp³-hybridized carbons (Fsp3) is 0.286. The molecule has 0 bridgehead atoms. The van der Waals surface area contributed by atoms with E-state index in [4.69, 9.17) is 5.73 Å². The van der Waals surface area contributed by atoms with Gasteiger partial charge in [0.05, 0.1) is 23.2 Å². The molecular weight excluding hydrogens is 395 g/mol. The predicted molar refractivity (Wildman–Crippen MR) is 107 cm³/mol. The van der Waals surface area contributed by atoms with Gasteiger partial charge in [-0.15, -0.1) is 0 Å². The van der Waals surface area contributed by atoms with Crippen LogP contribution in [0.4, 0.5) is 19.0 Å². The van der Waals surface area contributed by atoms with E-state index in [1.807, 2.05) is 24.3 Å². The lowest BCUT2D eigenvalue weighted by atomic mass is 10.1. The average Bonchev–Trinajstić information content (AvgIpc) is 2.73. The first-order valence-corrected chi connectivity index (χ1v) is 9.52. The van der Waals surface area contributed by atoms with E-state index in [2.05, 4.69) is 14.9 Å². The topological polar surface area (TPSA) is 75.3 Å². The van der Waals surface area contributed by atoms with Crippen LogP contribution in [0.5, 0.6) is 0 Å². The monoisotopic (exact) mass is 415 g/mol. The highest BCUT2D eigenvalue weighted by Gasteiger charge is 2.36. The highest BCUT2D eigenvalue weighted by atomic mass is 19.4. The van der Waals surface area contributed by atoms with Crippen molar-refractivity contribution in [2.24, 2.45) is 0 Å². The lowest BCUT2D eigenvalue weighted by Gasteiger charge is -2.34. The molecular formula is C21H20F3N5O. The molecule has 2 aromatic carbocycles. The largest absolute Gasteiger partial charge is 0.417 e. The molecule has 156 valence electrons. The number of carbonyl (C=O) groups excluding carboxylic acids is 1. The van der Waals surface area contributed by atoms with Crippen LogP contribution < -0.4 is 5.73 Å². The number of nitrogens with two attached hydrogens (primary N) is 1. The first-order valence-electron chi connectivity index (χ1n) is 9.52. The lowest BCUT2D eigenvalue weighted by molar-refractivity contribution is -0.138. The Bertz CT molecular complexity index is 1080. The normalized spacial score (nSPS) is 15.5. The van der Waals surface area contributed by atoms with E-state index < -0.39 is 17.6 Å². The van der Waals surface area contributed by atoms with Gasteiger partial charge >= 0.3 is 6.18 Å². The van der Waals surface area contributed by atoms with Crippen LogP contribution in [0.3, 0.4) is 0 Å². The molecule has 6 nitrogen and oxygen atoms in total. The summed E-state index contributed by atoms with van der Waals surface area (Å²) in [6.07, 6.45) is -4.57. The van der Waals surface area contributed by atoms with E-state index in [1.165, 1.54) is 23.1 Å². The Morgan fingerprint density at radius 3 is 2.37 bits per heavy atom. The van der Waals surface area contributed by atoms with Crippen molar-refractivity contribution in [1.29, 1.82) is 0 Å². The van der Waals surface area contributed by atoms with Crippen LogP contribution in [0.1, 0.15) is 21.7 Å². The number of rotatable bonds is 3. The highest BCUT2D eigenvalue weighted by Crippen LogP contribution is 2.32. The van der Waals surface area contributed by atoms with Crippen LogP contribution in [0, 0.1) is 0 Å². The minimum atomic E-state index is -4.57. The average molecular weight is 415 g/mol. The van der Waals surface area contributed by atoms with Gasteiger partial charge < -0.3 is 10.6 Å². The van der Waals surface area contributed by atoms with Crippen LogP contribution >= 0.6 is 0 Å². The number of nitrogens with zero attached hydrogens (tertiary/aromatic N) is 4. The molecule has 1 aliphatic heterocycles. The van der Waals surface area contributed by atoms with Crippen LogP contribution in [0.2, 0.25) is 0 Å². The van der Waals surface area contributed by atoms with E-state index in [0.717, 1.165) is 17.0 Å². The van der Waals surface area contributed by atoms with E-state index in [-0.39, 0.29) is 5.56 Å². The Morgan fingerprint density at radius 2 is 1.63 bits per heavy atom. The Morgan fingerprint density at radius 1 is 0.967 bits per heavy atom. The second-order valence-electron chi connectivity index (χ2n) is 7.15. The number of para-hydroxylation sites is 1. The predicted octanol–water partition coefficient (Wildman–Crippen LogP) is 3.19. The lowest BCUT2D eigenvalue weighted by Crippen LogP contribution is -2.48. The molecule has 0 atom stereocenters. The Labute approximate surface area is 171 Å². The number of alkyl halides is 3. The molecule has 1 amide bonds. The number of benzene rings is 2. The molecule has 1 aromatic heterocycles. The molecule has 3 aromatic rings. The fourth-order valence-corrected chi connectivity index (χ4v) is 3.62. The van der Waals surface area contributed by atoms with Crippen molar-refractivity contribution in [2.45, 2.75) is 12.7 Å². The summed E-state index contributed by atoms with van der Waals surface area (Å²) in [6, 6.07) is 12.4. The number of halogens is 3. The minimum Gasteiger partial charge on any atom is -0.383 e. The van der Waals surface area contributed by atoms with Crippen molar-refractivity contribution in [1.82, 2.24) is 19.8 Å². The van der Waals surface area contributed by atoms with E-state index in [0.29, 0.717) is 44.4 Å². The zero-order valence-corrected chi connectivity index (χ0v) is 16.1. The standard InChI is InChI=1S/C21H20F3N5O/c22-21(23,24)16-7-3-1-5-14(16)20(30)29-11-9-28(10-12-29)13-18-26-17-8-4-2-6-15(17)19(25)27-18/h1-8H,9-13H2,(H2,25,26,27). The summed E-state index contributed by atoms with van der Waals surface area (Å²) in [6.45, 7) is 2.13. The van der Waals surface area contributed by atoms with Crippen molar-refractivity contribution < 1.29 is 18.0 Å². The van der Waals surface area contributed by atoms with Gasteiger partial charge in [0.15, 0.2) is 0 Å². The van der Waals surface area contributed by atoms with Crippen molar-refractivity contribution in [3.8, 4) is 0 Å². The maximum absolute atomic E-state index is 13.2. The summed E-state index contributed by atoms with van der Waals surface area (Å²) in [5, 5.41) is 0.792. The smallest absolute Gasteiger partial charge is 0.383 e. The summed E-state index contributed by atoms with van der Waals surface area (Å²) in [7, 11) is 0. The highest BCUT2D eigenvalue weighted by molar-refractivity contribution is 5.96. The molecule has 0 saturated carbocycles. The number of carbonyl (C=O) groups is 1. The Kier molecular flexibility index (Phi) is 5.29. The molecule has 1 fully saturated rings. The molecule has 1 saturated heterocycles. The summed E-state index contributed by atoms with van der Waals surface area (Å²) in [4.78, 5) is 25.1.